The molecule has 0 spiro atoms. The molecule has 8 heteroatoms. The summed E-state index contributed by atoms with van der Waals surface area (Å²) in [6.45, 7) is 3.45. The number of carbonyl (C=O) groups excluding carboxylic acids is 2. The molecule has 3 rings (SSSR count). The molecule has 0 aromatic heterocycles. The quantitative estimate of drug-likeness (QED) is 0.346. The topological polar surface area (TPSA) is 78.9 Å². The first-order chi connectivity index (χ1) is 11.3. The van der Waals surface area contributed by atoms with Gasteiger partial charge >= 0.3 is 5.97 Å². The van der Waals surface area contributed by atoms with Crippen molar-refractivity contribution >= 4 is 34.7 Å². The Morgan fingerprint density at radius 2 is 2.00 bits per heavy atom. The van der Waals surface area contributed by atoms with Gasteiger partial charge in [-0.05, 0) is 42.7 Å². The number of nitrogens with zero attached hydrogens (tertiary/aromatic N) is 1. The van der Waals surface area contributed by atoms with E-state index in [-0.39, 0.29) is 12.5 Å². The van der Waals surface area contributed by atoms with Crippen molar-refractivity contribution in [2.24, 2.45) is 0 Å². The number of halogens is 1. The largest absolute Gasteiger partial charge is 0.614 e. The fourth-order valence-corrected chi connectivity index (χ4v) is 5.38. The van der Waals surface area contributed by atoms with Crippen LogP contribution in [0.5, 0.6) is 5.75 Å². The van der Waals surface area contributed by atoms with E-state index >= 15 is 0 Å². The molecule has 0 saturated carbocycles. The number of hydrogen-bond donors (Lipinski definition) is 0. The Hall–Kier alpha value is -1.44. The molecule has 6 nitrogen and oxygen atoms in total. The molecule has 1 aromatic rings. The molecule has 0 N–H and O–H groups in total. The lowest BCUT2D eigenvalue weighted by Gasteiger charge is -2.37. The van der Waals surface area contributed by atoms with Gasteiger partial charge in [0.1, 0.15) is 12.4 Å². The zero-order valence-electron chi connectivity index (χ0n) is 13.5. The van der Waals surface area contributed by atoms with E-state index in [1.165, 1.54) is 4.90 Å². The maximum Gasteiger partial charge on any atom is 0.334 e. The smallest absolute Gasteiger partial charge is 0.334 e. The van der Waals surface area contributed by atoms with Crippen molar-refractivity contribution in [2.45, 2.75) is 42.0 Å². The number of methoxy groups -OCH3 is 1. The molecular weight excluding hydrogens is 354 g/mol. The van der Waals surface area contributed by atoms with E-state index < -0.39 is 38.7 Å². The van der Waals surface area contributed by atoms with E-state index in [4.69, 9.17) is 21.1 Å². The zero-order valence-corrected chi connectivity index (χ0v) is 15.1. The van der Waals surface area contributed by atoms with Gasteiger partial charge in [-0.25, -0.2) is 4.79 Å². The Morgan fingerprint density at radius 1 is 1.38 bits per heavy atom. The van der Waals surface area contributed by atoms with E-state index in [0.717, 1.165) is 5.56 Å². The molecule has 0 radical (unpaired) electrons. The minimum Gasteiger partial charge on any atom is -0.614 e. The average molecular weight is 372 g/mol. The molecule has 2 fully saturated rings. The van der Waals surface area contributed by atoms with Gasteiger partial charge in [0.2, 0.25) is 5.37 Å². The third-order valence-electron chi connectivity index (χ3n) is 4.45. The predicted octanol–water partition coefficient (Wildman–Crippen LogP) is 1.42. The van der Waals surface area contributed by atoms with Gasteiger partial charge in [0, 0.05) is 0 Å². The van der Waals surface area contributed by atoms with Gasteiger partial charge in [-0.3, -0.25) is 9.69 Å². The van der Waals surface area contributed by atoms with Crippen LogP contribution in [0.1, 0.15) is 19.4 Å². The average Bonchev–Trinajstić information content (AvgIpc) is 2.77. The summed E-state index contributed by atoms with van der Waals surface area (Å²) >= 11 is 4.53. The summed E-state index contributed by atoms with van der Waals surface area (Å²) in [6, 6.07) is 6.23. The number of β-lactam (4-membered cyclic amide) rings is 1. The summed E-state index contributed by atoms with van der Waals surface area (Å²) in [7, 11) is 1.57. The highest BCUT2D eigenvalue weighted by atomic mass is 35.5. The Kier molecular flexibility index (Phi) is 4.44. The van der Waals surface area contributed by atoms with Crippen molar-refractivity contribution in [3.8, 4) is 5.75 Å². The van der Waals surface area contributed by atoms with E-state index in [1.54, 1.807) is 45.2 Å². The summed E-state index contributed by atoms with van der Waals surface area (Å²) in [6.07, 6.45) is 0. The van der Waals surface area contributed by atoms with Crippen LogP contribution < -0.4 is 4.74 Å². The molecule has 0 bridgehead atoms. The van der Waals surface area contributed by atoms with Gasteiger partial charge in [-0.2, -0.15) is 0 Å². The number of rotatable bonds is 4. The molecule has 130 valence electrons. The van der Waals surface area contributed by atoms with E-state index in [0.29, 0.717) is 5.75 Å². The normalized spacial score (nSPS) is 30.5. The van der Waals surface area contributed by atoms with Crippen molar-refractivity contribution in [3.05, 3.63) is 29.8 Å². The second-order valence-corrected chi connectivity index (χ2v) is 8.90. The molecule has 1 aromatic carbocycles. The molecular formula is C16H18ClNO5S. The minimum atomic E-state index is -1.42. The van der Waals surface area contributed by atoms with Crippen LogP contribution in [0.3, 0.4) is 0 Å². The number of ether oxygens (including phenoxy) is 2. The Balaban J connectivity index is 1.70. The molecule has 2 saturated heterocycles. The van der Waals surface area contributed by atoms with E-state index in [1.807, 2.05) is 0 Å². The molecule has 2 aliphatic rings. The molecule has 2 aliphatic heterocycles. The fourth-order valence-electron chi connectivity index (χ4n) is 3.04. The van der Waals surface area contributed by atoms with Crippen LogP contribution in [0.25, 0.3) is 0 Å². The highest BCUT2D eigenvalue weighted by molar-refractivity contribution is 7.94. The minimum absolute atomic E-state index is 0.0685. The van der Waals surface area contributed by atoms with Crippen molar-refractivity contribution in [2.75, 3.05) is 7.11 Å². The summed E-state index contributed by atoms with van der Waals surface area (Å²) in [5.41, 5.74) is 0.794. The van der Waals surface area contributed by atoms with Crippen molar-refractivity contribution in [1.82, 2.24) is 4.90 Å². The summed E-state index contributed by atoms with van der Waals surface area (Å²) < 4.78 is 22.0. The van der Waals surface area contributed by atoms with Gasteiger partial charge in [0.05, 0.1) is 7.11 Å². The number of hydrogen-bond acceptors (Lipinski definition) is 5. The number of fused-ring (bicyclic) bond motifs is 1. The standard InChI is InChI=1S/C16H18ClNO5S/c1-16(2)12(18-13(19)11(17)14(18)24(16)21)15(20)23-8-9-4-6-10(22-3)7-5-9/h4-7,11-12,14H,8H2,1-3H3/t11?,12-,14+,24?/m0/s1. The van der Waals surface area contributed by atoms with Gasteiger partial charge in [-0.15, -0.1) is 11.6 Å². The van der Waals surface area contributed by atoms with Crippen LogP contribution >= 0.6 is 11.6 Å². The van der Waals surface area contributed by atoms with Crippen molar-refractivity contribution < 1.29 is 23.6 Å². The fraction of sp³-hybridized carbons (Fsp3) is 0.500. The molecule has 24 heavy (non-hydrogen) atoms. The van der Waals surface area contributed by atoms with Crippen LogP contribution in [0, 0.1) is 0 Å². The van der Waals surface area contributed by atoms with Crippen molar-refractivity contribution in [1.29, 1.82) is 0 Å². The van der Waals surface area contributed by atoms with Crippen LogP contribution in [-0.4, -0.2) is 50.0 Å². The number of alkyl halides is 1. The van der Waals surface area contributed by atoms with Gasteiger partial charge in [0.15, 0.2) is 16.2 Å². The third kappa shape index (κ3) is 2.55. The van der Waals surface area contributed by atoms with Crippen LogP contribution in [0.4, 0.5) is 0 Å². The van der Waals surface area contributed by atoms with Crippen LogP contribution in [0.2, 0.25) is 0 Å². The number of carbonyl (C=O) groups is 2. The lowest BCUT2D eigenvalue weighted by molar-refractivity contribution is -0.161. The summed E-state index contributed by atoms with van der Waals surface area (Å²) in [4.78, 5) is 25.8. The summed E-state index contributed by atoms with van der Waals surface area (Å²) in [5, 5.41) is -1.45. The van der Waals surface area contributed by atoms with E-state index in [2.05, 4.69) is 0 Å². The first-order valence-corrected chi connectivity index (χ1v) is 9.10. The van der Waals surface area contributed by atoms with E-state index in [9.17, 15) is 14.1 Å². The predicted molar refractivity (Wildman–Crippen MR) is 89.1 cm³/mol. The lowest BCUT2D eigenvalue weighted by Crippen LogP contribution is -2.64. The number of amides is 1. The monoisotopic (exact) mass is 371 g/mol. The van der Waals surface area contributed by atoms with Crippen molar-refractivity contribution in [3.63, 3.8) is 0 Å². The second kappa shape index (κ2) is 6.13. The molecule has 2 unspecified atom stereocenters. The SMILES string of the molecule is COc1ccc(COC(=O)[C@@H]2N3C(=O)C(Cl)[C@H]3[S+]([O-])C2(C)C)cc1. The maximum absolute atomic E-state index is 12.5. The first-order valence-electron chi connectivity index (χ1n) is 7.45. The Bertz CT molecular complexity index is 665. The van der Waals surface area contributed by atoms with Gasteiger partial charge in [-0.1, -0.05) is 12.1 Å². The number of benzene rings is 1. The maximum atomic E-state index is 12.5. The zero-order chi connectivity index (χ0) is 17.6. The second-order valence-electron chi connectivity index (χ2n) is 6.30. The molecule has 4 atom stereocenters. The highest BCUT2D eigenvalue weighted by Gasteiger charge is 2.72. The first kappa shape index (κ1) is 17.4. The molecule has 0 aliphatic carbocycles. The third-order valence-corrected chi connectivity index (χ3v) is 7.23. The Morgan fingerprint density at radius 3 is 2.58 bits per heavy atom. The van der Waals surface area contributed by atoms with Gasteiger partial charge in [0.25, 0.3) is 5.91 Å². The highest BCUT2D eigenvalue weighted by Crippen LogP contribution is 2.47. The number of esters is 1. The van der Waals surface area contributed by atoms with Gasteiger partial charge < -0.3 is 14.0 Å². The Labute approximate surface area is 148 Å². The molecule has 1 amide bonds. The van der Waals surface area contributed by atoms with Crippen LogP contribution in [-0.2, 0) is 32.1 Å². The summed E-state index contributed by atoms with van der Waals surface area (Å²) in [5.74, 6) is -0.227. The lowest BCUT2D eigenvalue weighted by atomic mass is 9.98. The molecule has 2 heterocycles. The van der Waals surface area contributed by atoms with Crippen LogP contribution in [0.15, 0.2) is 24.3 Å².